The smallest absolute Gasteiger partial charge is 0.413 e. The molecule has 1 atom stereocenters. The molecule has 1 saturated carbocycles. The third-order valence-corrected chi connectivity index (χ3v) is 7.75. The molecule has 3 aliphatic rings. The van der Waals surface area contributed by atoms with Crippen LogP contribution in [0.4, 0.5) is 15.7 Å². The number of hydrogen-bond donors (Lipinski definition) is 1. The number of carbonyl (C=O) groups is 3. The highest BCUT2D eigenvalue weighted by Crippen LogP contribution is 2.42. The van der Waals surface area contributed by atoms with E-state index in [2.05, 4.69) is 17.2 Å². The maximum atomic E-state index is 13.5. The molecule has 10 heteroatoms. The van der Waals surface area contributed by atoms with Crippen LogP contribution in [-0.2, 0) is 16.1 Å². The summed E-state index contributed by atoms with van der Waals surface area (Å²) < 4.78 is 5.34. The van der Waals surface area contributed by atoms with Gasteiger partial charge in [-0.05, 0) is 71.4 Å². The average molecular weight is 498 g/mol. The van der Waals surface area contributed by atoms with E-state index in [0.29, 0.717) is 53.3 Å². The molecule has 2 fully saturated rings. The van der Waals surface area contributed by atoms with Gasteiger partial charge in [0.2, 0.25) is 5.91 Å². The minimum atomic E-state index is -0.617. The molecular weight excluding hydrogens is 466 g/mol. The zero-order valence-electron chi connectivity index (χ0n) is 20.8. The molecule has 1 saturated heterocycles. The Bertz CT molecular complexity index is 1210. The molecule has 0 spiro atoms. The highest BCUT2D eigenvalue weighted by molar-refractivity contribution is 7.19. The van der Waals surface area contributed by atoms with Gasteiger partial charge in [0.1, 0.15) is 11.4 Å². The van der Waals surface area contributed by atoms with E-state index in [1.165, 1.54) is 11.3 Å². The summed E-state index contributed by atoms with van der Waals surface area (Å²) in [5.41, 5.74) is 2.18. The predicted molar refractivity (Wildman–Crippen MR) is 134 cm³/mol. The number of pyridine rings is 1. The second-order valence-corrected chi connectivity index (χ2v) is 11.6. The summed E-state index contributed by atoms with van der Waals surface area (Å²) in [7, 11) is 0. The standard InChI is InChI=1S/C25H31N5O4S/c1-13-20(35-23(26-13)28-24(33)34-25(3,4)5)17-11-16-12-30(14(2)15-8-9-15)22(32)19(16)21(27-17)29-10-6-7-18(29)31/h11,14-15H,6-10,12H2,1-5H3,(H,26,28,33)/t14-/m0/s1. The minimum absolute atomic E-state index is 0.00773. The normalized spacial score (nSPS) is 18.8. The van der Waals surface area contributed by atoms with E-state index in [1.807, 2.05) is 17.9 Å². The number of nitrogens with zero attached hydrogens (tertiary/aromatic N) is 4. The van der Waals surface area contributed by atoms with Gasteiger partial charge in [-0.1, -0.05) is 11.3 Å². The highest BCUT2D eigenvalue weighted by Gasteiger charge is 2.42. The van der Waals surface area contributed by atoms with Gasteiger partial charge in [-0.2, -0.15) is 0 Å². The van der Waals surface area contributed by atoms with Gasteiger partial charge in [0.05, 0.1) is 21.8 Å². The number of anilines is 2. The Morgan fingerprint density at radius 3 is 2.63 bits per heavy atom. The third kappa shape index (κ3) is 4.63. The molecule has 0 aromatic carbocycles. The first kappa shape index (κ1) is 23.7. The summed E-state index contributed by atoms with van der Waals surface area (Å²) in [6.07, 6.45) is 2.93. The van der Waals surface area contributed by atoms with Gasteiger partial charge in [-0.25, -0.2) is 14.8 Å². The van der Waals surface area contributed by atoms with E-state index in [-0.39, 0.29) is 17.9 Å². The molecule has 5 rings (SSSR count). The first-order chi connectivity index (χ1) is 16.5. The Kier molecular flexibility index (Phi) is 5.82. The van der Waals surface area contributed by atoms with Crippen LogP contribution in [0.5, 0.6) is 0 Å². The summed E-state index contributed by atoms with van der Waals surface area (Å²) in [5, 5.41) is 3.11. The van der Waals surface area contributed by atoms with E-state index in [1.54, 1.807) is 25.7 Å². The second-order valence-electron chi connectivity index (χ2n) is 10.6. The molecule has 1 N–H and O–H groups in total. The number of rotatable bonds is 5. The maximum absolute atomic E-state index is 13.5. The highest BCUT2D eigenvalue weighted by atomic mass is 32.1. The van der Waals surface area contributed by atoms with Gasteiger partial charge in [-0.15, -0.1) is 0 Å². The Hall–Kier alpha value is -3.01. The number of aromatic nitrogens is 2. The van der Waals surface area contributed by atoms with Crippen LogP contribution in [0.15, 0.2) is 6.07 Å². The van der Waals surface area contributed by atoms with Crippen molar-refractivity contribution in [2.45, 2.75) is 78.5 Å². The molecule has 2 aromatic heterocycles. The Labute approximate surface area is 208 Å². The van der Waals surface area contributed by atoms with Crippen LogP contribution in [0.3, 0.4) is 0 Å². The first-order valence-electron chi connectivity index (χ1n) is 12.1. The summed E-state index contributed by atoms with van der Waals surface area (Å²) in [5.74, 6) is 0.945. The van der Waals surface area contributed by atoms with Crippen LogP contribution in [-0.4, -0.2) is 51.0 Å². The zero-order valence-corrected chi connectivity index (χ0v) is 21.6. The molecule has 2 aliphatic heterocycles. The van der Waals surface area contributed by atoms with Crippen molar-refractivity contribution in [1.29, 1.82) is 0 Å². The van der Waals surface area contributed by atoms with Crippen molar-refractivity contribution < 1.29 is 19.1 Å². The van der Waals surface area contributed by atoms with E-state index >= 15 is 0 Å². The van der Waals surface area contributed by atoms with E-state index in [0.717, 1.165) is 29.7 Å². The van der Waals surface area contributed by atoms with Gasteiger partial charge in [0.15, 0.2) is 5.13 Å². The summed E-state index contributed by atoms with van der Waals surface area (Å²) >= 11 is 1.30. The second kappa shape index (κ2) is 8.58. The van der Waals surface area contributed by atoms with Gasteiger partial charge < -0.3 is 9.64 Å². The SMILES string of the molecule is Cc1nc(NC(=O)OC(C)(C)C)sc1-c1cc2c(c(N3CCCC3=O)n1)C(=O)N([C@@H](C)C1CC1)C2. The molecule has 4 heterocycles. The third-order valence-electron chi connectivity index (χ3n) is 6.66. The van der Waals surface area contributed by atoms with Gasteiger partial charge in [0, 0.05) is 25.6 Å². The van der Waals surface area contributed by atoms with Crippen LogP contribution in [0.1, 0.15) is 75.0 Å². The fourth-order valence-electron chi connectivity index (χ4n) is 4.76. The molecular formula is C25H31N5O4S. The van der Waals surface area contributed by atoms with E-state index in [9.17, 15) is 14.4 Å². The molecule has 3 amide bonds. The Morgan fingerprint density at radius 2 is 2.00 bits per heavy atom. The molecule has 1 aliphatic carbocycles. The molecule has 0 radical (unpaired) electrons. The summed E-state index contributed by atoms with van der Waals surface area (Å²) in [4.78, 5) is 52.1. The maximum Gasteiger partial charge on any atom is 0.413 e. The van der Waals surface area contributed by atoms with Crippen molar-refractivity contribution in [2.24, 2.45) is 5.92 Å². The molecule has 0 bridgehead atoms. The van der Waals surface area contributed by atoms with Crippen molar-refractivity contribution in [3.05, 3.63) is 22.9 Å². The van der Waals surface area contributed by atoms with E-state index in [4.69, 9.17) is 9.72 Å². The fraction of sp³-hybridized carbons (Fsp3) is 0.560. The lowest BCUT2D eigenvalue weighted by atomic mass is 10.1. The molecule has 35 heavy (non-hydrogen) atoms. The van der Waals surface area contributed by atoms with Crippen LogP contribution < -0.4 is 10.2 Å². The minimum Gasteiger partial charge on any atom is -0.444 e. The van der Waals surface area contributed by atoms with Crippen LogP contribution in [0.2, 0.25) is 0 Å². The van der Waals surface area contributed by atoms with E-state index < -0.39 is 11.7 Å². The Balaban J connectivity index is 1.51. The lowest BCUT2D eigenvalue weighted by Gasteiger charge is -2.24. The predicted octanol–water partition coefficient (Wildman–Crippen LogP) is 4.74. The number of aryl methyl sites for hydroxylation is 1. The topological polar surface area (TPSA) is 105 Å². The van der Waals surface area contributed by atoms with Gasteiger partial charge in [0.25, 0.3) is 5.91 Å². The summed E-state index contributed by atoms with van der Waals surface area (Å²) in [6.45, 7) is 10.4. The number of thiazole rings is 1. The number of ether oxygens (including phenoxy) is 1. The largest absolute Gasteiger partial charge is 0.444 e. The lowest BCUT2D eigenvalue weighted by Crippen LogP contribution is -2.35. The summed E-state index contributed by atoms with van der Waals surface area (Å²) in [6, 6.07) is 2.10. The number of fused-ring (bicyclic) bond motifs is 1. The monoisotopic (exact) mass is 497 g/mol. The van der Waals surface area contributed by atoms with Crippen molar-refractivity contribution in [3.63, 3.8) is 0 Å². The van der Waals surface area contributed by atoms with Crippen molar-refractivity contribution in [3.8, 4) is 10.6 Å². The molecule has 9 nitrogen and oxygen atoms in total. The molecule has 0 unspecified atom stereocenters. The zero-order chi connectivity index (χ0) is 25.1. The van der Waals surface area contributed by atoms with Gasteiger partial charge in [-0.3, -0.25) is 19.8 Å². The number of hydrogen-bond acceptors (Lipinski definition) is 7. The van der Waals surface area contributed by atoms with Crippen LogP contribution in [0, 0.1) is 12.8 Å². The lowest BCUT2D eigenvalue weighted by molar-refractivity contribution is -0.117. The van der Waals surface area contributed by atoms with Crippen molar-refractivity contribution >= 4 is 40.2 Å². The Morgan fingerprint density at radius 1 is 1.26 bits per heavy atom. The average Bonchev–Trinajstić information content (AvgIpc) is 3.31. The van der Waals surface area contributed by atoms with Crippen LogP contribution in [0.25, 0.3) is 10.6 Å². The number of carbonyl (C=O) groups excluding carboxylic acids is 3. The van der Waals surface area contributed by atoms with Gasteiger partial charge >= 0.3 is 6.09 Å². The first-order valence-corrected chi connectivity index (χ1v) is 13.0. The molecule has 186 valence electrons. The molecule has 2 aromatic rings. The fourth-order valence-corrected chi connectivity index (χ4v) is 5.68. The number of nitrogens with one attached hydrogen (secondary N) is 1. The quantitative estimate of drug-likeness (QED) is 0.640. The van der Waals surface area contributed by atoms with Crippen molar-refractivity contribution in [2.75, 3.05) is 16.8 Å². The number of amides is 3. The van der Waals surface area contributed by atoms with Crippen LogP contribution >= 0.6 is 11.3 Å². The van der Waals surface area contributed by atoms with Crippen molar-refractivity contribution in [1.82, 2.24) is 14.9 Å².